The molecule has 0 fully saturated rings. The van der Waals surface area contributed by atoms with E-state index in [1.54, 1.807) is 0 Å². The van der Waals surface area contributed by atoms with Gasteiger partial charge in [0.25, 0.3) is 0 Å². The van der Waals surface area contributed by atoms with E-state index in [0.29, 0.717) is 5.82 Å². The van der Waals surface area contributed by atoms with Gasteiger partial charge in [0.1, 0.15) is 11.3 Å². The normalized spacial score (nSPS) is 11.7. The van der Waals surface area contributed by atoms with E-state index in [0.717, 1.165) is 99.6 Å². The Balaban J connectivity index is 1.15. The van der Waals surface area contributed by atoms with Crippen molar-refractivity contribution in [3.8, 4) is 56.3 Å². The van der Waals surface area contributed by atoms with Crippen LogP contribution in [0, 0.1) is 6.92 Å². The van der Waals surface area contributed by atoms with Crippen LogP contribution in [0.2, 0.25) is 0 Å². The molecule has 7 aromatic carbocycles. The molecule has 0 aliphatic carbocycles. The fourth-order valence-electron chi connectivity index (χ4n) is 7.89. The first kappa shape index (κ1) is 33.2. The number of fused-ring (bicyclic) bond motifs is 6. The molecule has 10 rings (SSSR count). The smallest absolute Gasteiger partial charge is 0.162 e. The summed E-state index contributed by atoms with van der Waals surface area (Å²) in [5.41, 5.74) is 13.7. The Labute approximate surface area is 324 Å². The average molecular weight is 718 g/mol. The number of aryl methyl sites for hydroxylation is 1. The molecule has 0 amide bonds. The highest BCUT2D eigenvalue weighted by atomic mass is 16.3. The zero-order valence-corrected chi connectivity index (χ0v) is 30.8. The lowest BCUT2D eigenvalue weighted by molar-refractivity contribution is 0.669. The lowest BCUT2D eigenvalue weighted by Crippen LogP contribution is -1.96. The van der Waals surface area contributed by atoms with Gasteiger partial charge in [-0.05, 0) is 76.3 Å². The number of hydrogen-bond donors (Lipinski definition) is 0. The second-order valence-corrected chi connectivity index (χ2v) is 14.1. The van der Waals surface area contributed by atoms with Crippen LogP contribution in [-0.2, 0) is 0 Å². The molecule has 0 atom stereocenters. The number of allylic oxidation sites excluding steroid dienone is 2. The summed E-state index contributed by atoms with van der Waals surface area (Å²) in [4.78, 5) is 15.5. The van der Waals surface area contributed by atoms with Crippen LogP contribution >= 0.6 is 0 Å². The molecular weight excluding hydrogens is 683 g/mol. The molecule has 0 N–H and O–H groups in total. The highest BCUT2D eigenvalue weighted by Crippen LogP contribution is 2.43. The number of furan rings is 1. The van der Waals surface area contributed by atoms with Crippen molar-refractivity contribution in [1.29, 1.82) is 0 Å². The van der Waals surface area contributed by atoms with Crippen molar-refractivity contribution in [2.45, 2.75) is 6.92 Å². The lowest BCUT2D eigenvalue weighted by Gasteiger charge is -2.14. The summed E-state index contributed by atoms with van der Waals surface area (Å²) >= 11 is 0. The van der Waals surface area contributed by atoms with Crippen molar-refractivity contribution in [3.63, 3.8) is 0 Å². The van der Waals surface area contributed by atoms with E-state index in [9.17, 15) is 0 Å². The maximum Gasteiger partial charge on any atom is 0.162 e. The molecule has 3 aromatic heterocycles. The Kier molecular flexibility index (Phi) is 8.15. The Bertz CT molecular complexity index is 3100. The van der Waals surface area contributed by atoms with Crippen molar-refractivity contribution in [2.75, 3.05) is 0 Å². The number of pyridine rings is 1. The van der Waals surface area contributed by atoms with Crippen LogP contribution in [-0.4, -0.2) is 15.0 Å². The van der Waals surface area contributed by atoms with Crippen LogP contribution in [0.3, 0.4) is 0 Å². The molecule has 0 aliphatic heterocycles. The molecule has 0 spiro atoms. The van der Waals surface area contributed by atoms with Crippen LogP contribution in [0.5, 0.6) is 0 Å². The minimum absolute atomic E-state index is 0.694. The molecule has 0 bridgehead atoms. The van der Waals surface area contributed by atoms with Gasteiger partial charge in [0.05, 0.1) is 16.9 Å². The zero-order chi connectivity index (χ0) is 37.6. The lowest BCUT2D eigenvalue weighted by atomic mass is 9.92. The van der Waals surface area contributed by atoms with E-state index >= 15 is 0 Å². The van der Waals surface area contributed by atoms with Gasteiger partial charge in [-0.1, -0.05) is 152 Å². The SMILES string of the molecule is C=C/C=C\c1c(C)cc(-c2nc3ccc(-c4cccc(-c5cc(-c6ccccc6)nc(-c6ccccc6)n5)c4)cc3c3c2oc2ccccc23)c2ccccc12. The van der Waals surface area contributed by atoms with E-state index < -0.39 is 0 Å². The molecule has 0 saturated carbocycles. The molecule has 56 heavy (non-hydrogen) atoms. The molecular formula is C52H35N3O. The summed E-state index contributed by atoms with van der Waals surface area (Å²) in [6.45, 7) is 6.05. The van der Waals surface area contributed by atoms with E-state index in [1.165, 1.54) is 5.56 Å². The van der Waals surface area contributed by atoms with Gasteiger partial charge in [-0.3, -0.25) is 0 Å². The molecule has 0 radical (unpaired) electrons. The highest BCUT2D eigenvalue weighted by Gasteiger charge is 2.21. The second kappa shape index (κ2) is 13.8. The van der Waals surface area contributed by atoms with E-state index in [1.807, 2.05) is 60.7 Å². The molecule has 4 nitrogen and oxygen atoms in total. The Morgan fingerprint density at radius 2 is 1.16 bits per heavy atom. The van der Waals surface area contributed by atoms with Gasteiger partial charge in [0, 0.05) is 38.4 Å². The van der Waals surface area contributed by atoms with Crippen molar-refractivity contribution in [1.82, 2.24) is 15.0 Å². The minimum Gasteiger partial charge on any atom is -0.454 e. The van der Waals surface area contributed by atoms with Gasteiger partial charge in [0.15, 0.2) is 11.4 Å². The topological polar surface area (TPSA) is 51.8 Å². The van der Waals surface area contributed by atoms with Crippen molar-refractivity contribution < 1.29 is 4.42 Å². The Hall–Kier alpha value is -7.43. The van der Waals surface area contributed by atoms with Crippen LogP contribution < -0.4 is 0 Å². The van der Waals surface area contributed by atoms with Crippen LogP contribution in [0.15, 0.2) is 187 Å². The third-order valence-electron chi connectivity index (χ3n) is 10.6. The molecule has 264 valence electrons. The van der Waals surface area contributed by atoms with Gasteiger partial charge in [-0.2, -0.15) is 0 Å². The predicted octanol–water partition coefficient (Wildman–Crippen LogP) is 13.9. The van der Waals surface area contributed by atoms with Crippen molar-refractivity contribution in [3.05, 3.63) is 194 Å². The van der Waals surface area contributed by atoms with Gasteiger partial charge in [0.2, 0.25) is 0 Å². The summed E-state index contributed by atoms with van der Waals surface area (Å²) in [6.07, 6.45) is 5.94. The summed E-state index contributed by atoms with van der Waals surface area (Å²) < 4.78 is 6.74. The quantitative estimate of drug-likeness (QED) is 0.154. The first-order valence-corrected chi connectivity index (χ1v) is 18.8. The first-order chi connectivity index (χ1) is 27.6. The number of aromatic nitrogens is 3. The van der Waals surface area contributed by atoms with Gasteiger partial charge >= 0.3 is 0 Å². The van der Waals surface area contributed by atoms with Crippen LogP contribution in [0.4, 0.5) is 0 Å². The predicted molar refractivity (Wildman–Crippen MR) is 233 cm³/mol. The largest absolute Gasteiger partial charge is 0.454 e. The maximum absolute atomic E-state index is 6.74. The monoisotopic (exact) mass is 717 g/mol. The summed E-state index contributed by atoms with van der Waals surface area (Å²) in [6, 6.07) is 56.8. The molecule has 3 heterocycles. The van der Waals surface area contributed by atoms with Gasteiger partial charge in [-0.15, -0.1) is 0 Å². The fraction of sp³-hybridized carbons (Fsp3) is 0.0192. The Morgan fingerprint density at radius 1 is 0.518 bits per heavy atom. The summed E-state index contributed by atoms with van der Waals surface area (Å²) in [5.74, 6) is 0.694. The zero-order valence-electron chi connectivity index (χ0n) is 30.8. The first-order valence-electron chi connectivity index (χ1n) is 18.8. The third kappa shape index (κ3) is 5.76. The van der Waals surface area contributed by atoms with Crippen LogP contribution in [0.25, 0.3) is 106 Å². The number of benzene rings is 7. The van der Waals surface area contributed by atoms with Gasteiger partial charge < -0.3 is 4.42 Å². The molecule has 0 aliphatic rings. The van der Waals surface area contributed by atoms with Crippen LogP contribution in [0.1, 0.15) is 11.1 Å². The molecule has 10 aromatic rings. The number of hydrogen-bond acceptors (Lipinski definition) is 4. The summed E-state index contributed by atoms with van der Waals surface area (Å²) in [7, 11) is 0. The molecule has 0 unspecified atom stereocenters. The highest BCUT2D eigenvalue weighted by molar-refractivity contribution is 6.22. The van der Waals surface area contributed by atoms with Crippen molar-refractivity contribution in [2.24, 2.45) is 0 Å². The fourth-order valence-corrected chi connectivity index (χ4v) is 7.89. The standard InChI is InChI=1S/C52H35N3O/c1-3-4-22-39-33(2)29-43(41-24-12-11-23-40(39)41)50-51-49(42-25-13-14-26-48(42)56-51)44-31-37(27-28-45(44)53-50)36-20-15-21-38(30-36)47-32-46(34-16-7-5-8-17-34)54-52(55-47)35-18-9-6-10-19-35/h3-32H,1H2,2H3/b22-4-. The maximum atomic E-state index is 6.74. The summed E-state index contributed by atoms with van der Waals surface area (Å²) in [5, 5.41) is 5.46. The Morgan fingerprint density at radius 3 is 1.95 bits per heavy atom. The number of nitrogens with zero attached hydrogens (tertiary/aromatic N) is 3. The van der Waals surface area contributed by atoms with E-state index in [4.69, 9.17) is 19.4 Å². The molecule has 4 heteroatoms. The van der Waals surface area contributed by atoms with E-state index in [2.05, 4.69) is 135 Å². The second-order valence-electron chi connectivity index (χ2n) is 14.1. The molecule has 0 saturated heterocycles. The third-order valence-corrected chi connectivity index (χ3v) is 10.6. The number of para-hydroxylation sites is 1. The van der Waals surface area contributed by atoms with Gasteiger partial charge in [-0.25, -0.2) is 15.0 Å². The average Bonchev–Trinajstić information content (AvgIpc) is 3.66. The van der Waals surface area contributed by atoms with Crippen molar-refractivity contribution >= 4 is 49.7 Å². The minimum atomic E-state index is 0.694. The number of rotatable bonds is 7. The van der Waals surface area contributed by atoms with E-state index in [-0.39, 0.29) is 0 Å².